The third-order valence-corrected chi connectivity index (χ3v) is 4.23. The Morgan fingerprint density at radius 1 is 1.00 bits per heavy atom. The van der Waals surface area contributed by atoms with Crippen LogP contribution in [0.1, 0.15) is 38.1 Å². The molecule has 0 aliphatic carbocycles. The number of benzene rings is 1. The minimum atomic E-state index is 0.416. The largest absolute Gasteiger partial charge is 0.497 e. The average molecular weight is 329 g/mol. The maximum absolute atomic E-state index is 5.50. The van der Waals surface area contributed by atoms with Crippen molar-refractivity contribution in [1.29, 1.82) is 0 Å². The van der Waals surface area contributed by atoms with E-state index in [1.807, 2.05) is 32.0 Å². The first-order chi connectivity index (χ1) is 11.5. The quantitative estimate of drug-likeness (QED) is 0.817. The number of rotatable bonds is 7. The van der Waals surface area contributed by atoms with Crippen LogP contribution in [-0.4, -0.2) is 30.2 Å². The fourth-order valence-corrected chi connectivity index (χ4v) is 2.68. The molecule has 0 aliphatic heterocycles. The highest BCUT2D eigenvalue weighted by Gasteiger charge is 2.16. The molecule has 0 radical (unpaired) electrons. The SMILES string of the molecule is CCC(CC)Nc1nc(C)c(-c2ccc(OC)cc2OC)nc1C. The number of methoxy groups -OCH3 is 2. The number of hydrogen-bond donors (Lipinski definition) is 1. The van der Waals surface area contributed by atoms with Crippen LogP contribution in [0.2, 0.25) is 0 Å². The van der Waals surface area contributed by atoms with Crippen molar-refractivity contribution in [3.05, 3.63) is 29.6 Å². The summed E-state index contributed by atoms with van der Waals surface area (Å²) in [6, 6.07) is 6.15. The highest BCUT2D eigenvalue weighted by Crippen LogP contribution is 2.34. The van der Waals surface area contributed by atoms with Gasteiger partial charge in [0.1, 0.15) is 17.3 Å². The maximum Gasteiger partial charge on any atom is 0.148 e. The molecule has 0 saturated heterocycles. The first-order valence-electron chi connectivity index (χ1n) is 8.38. The number of nitrogens with zero attached hydrogens (tertiary/aromatic N) is 2. The molecule has 2 aromatic rings. The Hall–Kier alpha value is -2.30. The highest BCUT2D eigenvalue weighted by molar-refractivity contribution is 5.71. The second-order valence-electron chi connectivity index (χ2n) is 5.82. The second-order valence-corrected chi connectivity index (χ2v) is 5.82. The van der Waals surface area contributed by atoms with E-state index in [4.69, 9.17) is 19.4 Å². The standard InChI is InChI=1S/C19H27N3O2/c1-7-14(8-2)22-19-13(4)20-18(12(3)21-19)16-10-9-15(23-5)11-17(16)24-6/h9-11,14H,7-8H2,1-6H3,(H,21,22). The first kappa shape index (κ1) is 18.0. The van der Waals surface area contributed by atoms with Crippen molar-refractivity contribution in [2.45, 2.75) is 46.6 Å². The van der Waals surface area contributed by atoms with E-state index in [2.05, 4.69) is 19.2 Å². The number of nitrogens with one attached hydrogen (secondary N) is 1. The number of hydrogen-bond acceptors (Lipinski definition) is 5. The van der Waals surface area contributed by atoms with Crippen molar-refractivity contribution in [3.8, 4) is 22.8 Å². The molecular formula is C19H27N3O2. The lowest BCUT2D eigenvalue weighted by atomic mass is 10.1. The molecule has 0 spiro atoms. The zero-order valence-electron chi connectivity index (χ0n) is 15.4. The normalized spacial score (nSPS) is 10.8. The minimum Gasteiger partial charge on any atom is -0.497 e. The molecule has 5 nitrogen and oxygen atoms in total. The zero-order chi connectivity index (χ0) is 17.7. The molecule has 0 unspecified atom stereocenters. The van der Waals surface area contributed by atoms with E-state index in [0.717, 1.165) is 52.8 Å². The molecule has 1 aromatic carbocycles. The van der Waals surface area contributed by atoms with E-state index in [0.29, 0.717) is 6.04 Å². The zero-order valence-corrected chi connectivity index (χ0v) is 15.4. The van der Waals surface area contributed by atoms with Crippen molar-refractivity contribution in [1.82, 2.24) is 9.97 Å². The number of ether oxygens (including phenoxy) is 2. The van der Waals surface area contributed by atoms with Crippen LogP contribution in [0.25, 0.3) is 11.3 Å². The molecule has 0 bridgehead atoms. The molecule has 130 valence electrons. The number of aryl methyl sites for hydroxylation is 2. The summed E-state index contributed by atoms with van der Waals surface area (Å²) < 4.78 is 10.8. The Balaban J connectivity index is 2.44. The van der Waals surface area contributed by atoms with Crippen molar-refractivity contribution in [2.24, 2.45) is 0 Å². The molecule has 0 saturated carbocycles. The smallest absolute Gasteiger partial charge is 0.148 e. The lowest BCUT2D eigenvalue weighted by Crippen LogP contribution is -2.19. The van der Waals surface area contributed by atoms with E-state index >= 15 is 0 Å². The molecule has 0 fully saturated rings. The Morgan fingerprint density at radius 3 is 2.29 bits per heavy atom. The molecule has 2 rings (SSSR count). The summed E-state index contributed by atoms with van der Waals surface area (Å²) >= 11 is 0. The summed E-state index contributed by atoms with van der Waals surface area (Å²) in [4.78, 5) is 9.53. The van der Waals surface area contributed by atoms with Gasteiger partial charge >= 0.3 is 0 Å². The van der Waals surface area contributed by atoms with Crippen LogP contribution in [0, 0.1) is 13.8 Å². The fourth-order valence-electron chi connectivity index (χ4n) is 2.68. The Morgan fingerprint density at radius 2 is 1.71 bits per heavy atom. The van der Waals surface area contributed by atoms with Gasteiger partial charge < -0.3 is 14.8 Å². The Bertz CT molecular complexity index is 697. The molecule has 1 heterocycles. The van der Waals surface area contributed by atoms with Crippen LogP contribution in [0.3, 0.4) is 0 Å². The molecule has 0 atom stereocenters. The third kappa shape index (κ3) is 3.78. The summed E-state index contributed by atoms with van der Waals surface area (Å²) in [5, 5.41) is 3.49. The van der Waals surface area contributed by atoms with Gasteiger partial charge in [-0.2, -0.15) is 0 Å². The molecule has 1 N–H and O–H groups in total. The molecule has 5 heteroatoms. The lowest BCUT2D eigenvalue weighted by molar-refractivity contribution is 0.395. The van der Waals surface area contributed by atoms with Crippen LogP contribution in [-0.2, 0) is 0 Å². The van der Waals surface area contributed by atoms with Crippen LogP contribution < -0.4 is 14.8 Å². The first-order valence-corrected chi connectivity index (χ1v) is 8.38. The number of aromatic nitrogens is 2. The molecule has 1 aromatic heterocycles. The van der Waals surface area contributed by atoms with Crippen molar-refractivity contribution < 1.29 is 9.47 Å². The Kier molecular flexibility index (Phi) is 6.01. The van der Waals surface area contributed by atoms with E-state index in [-0.39, 0.29) is 0 Å². The Labute approximate surface area is 144 Å². The van der Waals surface area contributed by atoms with E-state index in [1.165, 1.54) is 0 Å². The summed E-state index contributed by atoms with van der Waals surface area (Å²) in [6.45, 7) is 8.31. The van der Waals surface area contributed by atoms with Gasteiger partial charge in [-0.3, -0.25) is 0 Å². The van der Waals surface area contributed by atoms with Gasteiger partial charge in [-0.05, 0) is 38.8 Å². The minimum absolute atomic E-state index is 0.416. The molecule has 0 amide bonds. The van der Waals surface area contributed by atoms with Gasteiger partial charge in [0, 0.05) is 17.7 Å². The summed E-state index contributed by atoms with van der Waals surface area (Å²) in [5.74, 6) is 2.34. The van der Waals surface area contributed by atoms with Gasteiger partial charge in [0.15, 0.2) is 0 Å². The van der Waals surface area contributed by atoms with Crippen LogP contribution >= 0.6 is 0 Å². The summed E-state index contributed by atoms with van der Waals surface area (Å²) in [5.41, 5.74) is 3.51. The molecule has 24 heavy (non-hydrogen) atoms. The summed E-state index contributed by atoms with van der Waals surface area (Å²) in [7, 11) is 3.29. The van der Waals surface area contributed by atoms with Crippen molar-refractivity contribution >= 4 is 5.82 Å². The second kappa shape index (κ2) is 7.99. The maximum atomic E-state index is 5.50. The third-order valence-electron chi connectivity index (χ3n) is 4.23. The monoisotopic (exact) mass is 329 g/mol. The fraction of sp³-hybridized carbons (Fsp3) is 0.474. The van der Waals surface area contributed by atoms with Gasteiger partial charge in [0.05, 0.1) is 31.3 Å². The van der Waals surface area contributed by atoms with Gasteiger partial charge in [0.2, 0.25) is 0 Å². The van der Waals surface area contributed by atoms with E-state index in [9.17, 15) is 0 Å². The number of anilines is 1. The van der Waals surface area contributed by atoms with Crippen LogP contribution in [0.4, 0.5) is 5.82 Å². The predicted molar refractivity (Wildman–Crippen MR) is 98.0 cm³/mol. The van der Waals surface area contributed by atoms with Crippen LogP contribution in [0.15, 0.2) is 18.2 Å². The topological polar surface area (TPSA) is 56.3 Å². The average Bonchev–Trinajstić information content (AvgIpc) is 2.61. The van der Waals surface area contributed by atoms with Gasteiger partial charge in [-0.25, -0.2) is 9.97 Å². The highest BCUT2D eigenvalue weighted by atomic mass is 16.5. The van der Waals surface area contributed by atoms with Crippen molar-refractivity contribution in [2.75, 3.05) is 19.5 Å². The molecular weight excluding hydrogens is 302 g/mol. The predicted octanol–water partition coefficient (Wildman–Crippen LogP) is 4.38. The molecule has 0 aliphatic rings. The van der Waals surface area contributed by atoms with E-state index in [1.54, 1.807) is 14.2 Å². The van der Waals surface area contributed by atoms with Gasteiger partial charge in [0.25, 0.3) is 0 Å². The van der Waals surface area contributed by atoms with Gasteiger partial charge in [-0.15, -0.1) is 0 Å². The summed E-state index contributed by atoms with van der Waals surface area (Å²) in [6.07, 6.45) is 2.12. The van der Waals surface area contributed by atoms with Crippen molar-refractivity contribution in [3.63, 3.8) is 0 Å². The van der Waals surface area contributed by atoms with Gasteiger partial charge in [-0.1, -0.05) is 13.8 Å². The van der Waals surface area contributed by atoms with Crippen LogP contribution in [0.5, 0.6) is 11.5 Å². The van der Waals surface area contributed by atoms with E-state index < -0.39 is 0 Å². The lowest BCUT2D eigenvalue weighted by Gasteiger charge is -2.19.